The van der Waals surface area contributed by atoms with E-state index in [4.69, 9.17) is 4.42 Å². The average molecular weight is 471 g/mol. The molecule has 4 amide bonds. The van der Waals surface area contributed by atoms with Crippen LogP contribution in [0.3, 0.4) is 0 Å². The monoisotopic (exact) mass is 470 g/mol. The highest BCUT2D eigenvalue weighted by Crippen LogP contribution is 2.35. The zero-order chi connectivity index (χ0) is 22.5. The minimum Gasteiger partial charge on any atom is -0.450 e. The van der Waals surface area contributed by atoms with Crippen LogP contribution in [0.15, 0.2) is 55.8 Å². The third kappa shape index (κ3) is 5.25. The van der Waals surface area contributed by atoms with Crippen LogP contribution in [0.1, 0.15) is 24.7 Å². The van der Waals surface area contributed by atoms with Gasteiger partial charge in [-0.05, 0) is 60.6 Å². The first kappa shape index (κ1) is 22.2. The van der Waals surface area contributed by atoms with E-state index < -0.39 is 0 Å². The molecule has 8 nitrogen and oxygen atoms in total. The molecule has 2 N–H and O–H groups in total. The maximum atomic E-state index is 12.6. The summed E-state index contributed by atoms with van der Waals surface area (Å²) in [6, 6.07) is 11.4. The molecular weight excluding hydrogens is 448 g/mol. The minimum atomic E-state index is -0.348. The Bertz CT molecular complexity index is 1110. The highest BCUT2D eigenvalue weighted by molar-refractivity contribution is 8.18. The fourth-order valence-corrected chi connectivity index (χ4v) is 4.96. The molecule has 3 heterocycles. The van der Waals surface area contributed by atoms with E-state index in [0.717, 1.165) is 28.9 Å². The van der Waals surface area contributed by atoms with Crippen LogP contribution in [-0.2, 0) is 11.2 Å². The molecule has 2 aliphatic rings. The second-order valence-electron chi connectivity index (χ2n) is 7.04. The molecule has 4 rings (SSSR count). The number of hydrogen-bond acceptors (Lipinski definition) is 7. The molecule has 0 aliphatic carbocycles. The summed E-state index contributed by atoms with van der Waals surface area (Å²) in [6.45, 7) is 2.98. The summed E-state index contributed by atoms with van der Waals surface area (Å²) in [5.41, 5.74) is 2.17. The molecule has 1 aromatic carbocycles. The number of fused-ring (bicyclic) bond motifs is 1. The van der Waals surface area contributed by atoms with Gasteiger partial charge in [0.2, 0.25) is 0 Å². The SMILES string of the molecule is CCNC(=O)NCCCN1C(=O)S/C(=C\c2ccc(SC3=Nc4ccccc4C3)o2)C1=O. The normalized spacial score (nSPS) is 16.5. The van der Waals surface area contributed by atoms with Gasteiger partial charge in [-0.15, -0.1) is 0 Å². The van der Waals surface area contributed by atoms with Crippen molar-refractivity contribution in [3.05, 3.63) is 52.6 Å². The Kier molecular flexibility index (Phi) is 7.01. The second kappa shape index (κ2) is 10.1. The minimum absolute atomic E-state index is 0.244. The lowest BCUT2D eigenvalue weighted by Gasteiger charge is -2.12. The summed E-state index contributed by atoms with van der Waals surface area (Å²) >= 11 is 2.34. The number of imide groups is 1. The lowest BCUT2D eigenvalue weighted by Crippen LogP contribution is -2.37. The predicted molar refractivity (Wildman–Crippen MR) is 126 cm³/mol. The van der Waals surface area contributed by atoms with E-state index in [-0.39, 0.29) is 23.7 Å². The Hall–Kier alpha value is -2.98. The molecule has 1 aromatic heterocycles. The van der Waals surface area contributed by atoms with Crippen LogP contribution in [0.5, 0.6) is 0 Å². The van der Waals surface area contributed by atoms with E-state index >= 15 is 0 Å². The van der Waals surface area contributed by atoms with Gasteiger partial charge in [0.25, 0.3) is 11.1 Å². The molecule has 0 bridgehead atoms. The Morgan fingerprint density at radius 1 is 1.25 bits per heavy atom. The maximum Gasteiger partial charge on any atom is 0.314 e. The molecular formula is C22H22N4O4S2. The van der Waals surface area contributed by atoms with Gasteiger partial charge in [0, 0.05) is 32.1 Å². The van der Waals surface area contributed by atoms with Gasteiger partial charge in [-0.3, -0.25) is 14.5 Å². The van der Waals surface area contributed by atoms with Crippen LogP contribution in [0.4, 0.5) is 15.3 Å². The van der Waals surface area contributed by atoms with Gasteiger partial charge < -0.3 is 15.1 Å². The number of thioether (sulfide) groups is 2. The second-order valence-corrected chi connectivity index (χ2v) is 9.11. The Balaban J connectivity index is 1.32. The van der Waals surface area contributed by atoms with Gasteiger partial charge in [0.1, 0.15) is 5.76 Å². The molecule has 10 heteroatoms. The third-order valence-corrected chi connectivity index (χ3v) is 6.53. The van der Waals surface area contributed by atoms with Crippen molar-refractivity contribution in [2.45, 2.75) is 24.9 Å². The number of para-hydroxylation sites is 1. The van der Waals surface area contributed by atoms with Crippen molar-refractivity contribution in [3.63, 3.8) is 0 Å². The van der Waals surface area contributed by atoms with Crippen molar-refractivity contribution in [1.29, 1.82) is 0 Å². The van der Waals surface area contributed by atoms with E-state index in [9.17, 15) is 14.4 Å². The molecule has 1 fully saturated rings. The Morgan fingerprint density at radius 2 is 2.09 bits per heavy atom. The van der Waals surface area contributed by atoms with Gasteiger partial charge in [-0.1, -0.05) is 18.2 Å². The fourth-order valence-electron chi connectivity index (χ4n) is 3.23. The van der Waals surface area contributed by atoms with Gasteiger partial charge in [0.15, 0.2) is 5.09 Å². The van der Waals surface area contributed by atoms with E-state index in [1.54, 1.807) is 12.1 Å². The van der Waals surface area contributed by atoms with Crippen LogP contribution >= 0.6 is 23.5 Å². The van der Waals surface area contributed by atoms with Gasteiger partial charge >= 0.3 is 6.03 Å². The predicted octanol–water partition coefficient (Wildman–Crippen LogP) is 4.40. The standard InChI is InChI=1S/C22H22N4O4S2/c1-2-23-21(28)24-10-5-11-26-20(27)17(31-22(26)29)13-15-8-9-19(30-15)32-18-12-14-6-3-4-7-16(14)25-18/h3-4,6-9,13H,2,5,10-12H2,1H3,(H2,23,24,28)/b17-13-. The summed E-state index contributed by atoms with van der Waals surface area (Å²) in [5, 5.41) is 6.61. The van der Waals surface area contributed by atoms with E-state index in [2.05, 4.69) is 21.7 Å². The summed E-state index contributed by atoms with van der Waals surface area (Å²) in [7, 11) is 0. The summed E-state index contributed by atoms with van der Waals surface area (Å²) in [4.78, 5) is 42.4. The number of nitrogens with one attached hydrogen (secondary N) is 2. The summed E-state index contributed by atoms with van der Waals surface area (Å²) < 4.78 is 5.83. The first-order chi connectivity index (χ1) is 15.5. The van der Waals surface area contributed by atoms with Crippen molar-refractivity contribution < 1.29 is 18.8 Å². The number of aliphatic imine (C=N–C) groups is 1. The lowest BCUT2D eigenvalue weighted by atomic mass is 10.2. The zero-order valence-electron chi connectivity index (χ0n) is 17.4. The number of rotatable bonds is 7. The average Bonchev–Trinajstić information content (AvgIpc) is 3.45. The van der Waals surface area contributed by atoms with Crippen molar-refractivity contribution >= 4 is 57.5 Å². The zero-order valence-corrected chi connectivity index (χ0v) is 19.1. The Morgan fingerprint density at radius 3 is 2.91 bits per heavy atom. The van der Waals surface area contributed by atoms with Gasteiger partial charge in [0.05, 0.1) is 15.6 Å². The van der Waals surface area contributed by atoms with Crippen molar-refractivity contribution in [2.24, 2.45) is 4.99 Å². The molecule has 1 saturated heterocycles. The fraction of sp³-hybridized carbons (Fsp3) is 0.273. The van der Waals surface area contributed by atoms with Crippen LogP contribution in [0.25, 0.3) is 6.08 Å². The molecule has 0 unspecified atom stereocenters. The Labute approximate surface area is 193 Å². The van der Waals surface area contributed by atoms with Gasteiger partial charge in [-0.2, -0.15) is 0 Å². The highest BCUT2D eigenvalue weighted by Gasteiger charge is 2.34. The molecule has 0 radical (unpaired) electrons. The topological polar surface area (TPSA) is 104 Å². The number of hydrogen-bond donors (Lipinski definition) is 2. The number of carbonyl (C=O) groups is 3. The summed E-state index contributed by atoms with van der Waals surface area (Å²) in [5.74, 6) is 0.159. The van der Waals surface area contributed by atoms with Crippen molar-refractivity contribution in [2.75, 3.05) is 19.6 Å². The lowest BCUT2D eigenvalue weighted by molar-refractivity contribution is -0.122. The molecule has 0 saturated carbocycles. The molecule has 0 atom stereocenters. The molecule has 2 aromatic rings. The van der Waals surface area contributed by atoms with Gasteiger partial charge in [-0.25, -0.2) is 9.79 Å². The van der Waals surface area contributed by atoms with Crippen molar-refractivity contribution in [3.8, 4) is 0 Å². The third-order valence-electron chi connectivity index (χ3n) is 4.73. The van der Waals surface area contributed by atoms with E-state index in [1.165, 1.54) is 22.2 Å². The number of furan rings is 1. The van der Waals surface area contributed by atoms with Crippen LogP contribution in [0, 0.1) is 0 Å². The molecule has 0 spiro atoms. The largest absolute Gasteiger partial charge is 0.450 e. The van der Waals surface area contributed by atoms with Crippen LogP contribution in [-0.4, -0.2) is 46.8 Å². The molecule has 2 aliphatic heterocycles. The van der Waals surface area contributed by atoms with Crippen LogP contribution < -0.4 is 10.6 Å². The first-order valence-electron chi connectivity index (χ1n) is 10.2. The highest BCUT2D eigenvalue weighted by atomic mass is 32.2. The number of amides is 4. The smallest absolute Gasteiger partial charge is 0.314 e. The first-order valence-corrected chi connectivity index (χ1v) is 11.9. The number of benzene rings is 1. The quantitative estimate of drug-likeness (QED) is 0.459. The summed E-state index contributed by atoms with van der Waals surface area (Å²) in [6.07, 6.45) is 2.84. The maximum absolute atomic E-state index is 12.6. The van der Waals surface area contributed by atoms with E-state index in [1.807, 2.05) is 31.2 Å². The number of carbonyl (C=O) groups excluding carboxylic acids is 3. The number of nitrogens with zero attached hydrogens (tertiary/aromatic N) is 2. The van der Waals surface area contributed by atoms with Crippen LogP contribution in [0.2, 0.25) is 0 Å². The van der Waals surface area contributed by atoms with Crippen molar-refractivity contribution in [1.82, 2.24) is 15.5 Å². The molecule has 32 heavy (non-hydrogen) atoms. The van der Waals surface area contributed by atoms with E-state index in [0.29, 0.717) is 35.3 Å². The number of urea groups is 1. The molecule has 166 valence electrons.